The number of nitrogens with zero attached hydrogens (tertiary/aromatic N) is 1. The molecule has 1 heterocycles. The van der Waals surface area contributed by atoms with Crippen LogP contribution in [0.25, 0.3) is 0 Å². The van der Waals surface area contributed by atoms with E-state index in [2.05, 4.69) is 43.2 Å². The number of carbonyl (C=O) groups excluding carboxylic acids is 1. The largest absolute Gasteiger partial charge is 0.457 e. The van der Waals surface area contributed by atoms with Gasteiger partial charge >= 0.3 is 0 Å². The molecule has 30 heavy (non-hydrogen) atoms. The summed E-state index contributed by atoms with van der Waals surface area (Å²) in [5.41, 5.74) is 7.90. The molecule has 0 aliphatic carbocycles. The van der Waals surface area contributed by atoms with Crippen LogP contribution in [0.1, 0.15) is 48.2 Å². The maximum absolute atomic E-state index is 13.4. The van der Waals surface area contributed by atoms with Crippen LogP contribution in [-0.4, -0.2) is 10.9 Å². The van der Waals surface area contributed by atoms with Gasteiger partial charge in [-0.25, -0.2) is 4.98 Å². The molecule has 1 aromatic heterocycles. The molecule has 0 aliphatic rings. The van der Waals surface area contributed by atoms with Gasteiger partial charge < -0.3 is 15.8 Å². The predicted octanol–water partition coefficient (Wildman–Crippen LogP) is 5.92. The lowest BCUT2D eigenvalue weighted by Crippen LogP contribution is -2.16. The molecule has 0 saturated heterocycles. The third-order valence-electron chi connectivity index (χ3n) is 5.18. The van der Waals surface area contributed by atoms with Gasteiger partial charge in [-0.2, -0.15) is 4.39 Å². The highest BCUT2D eigenvalue weighted by Crippen LogP contribution is 2.28. The smallest absolute Gasteiger partial charge is 0.259 e. The van der Waals surface area contributed by atoms with Crippen molar-refractivity contribution >= 4 is 17.4 Å². The number of amides is 1. The van der Waals surface area contributed by atoms with E-state index in [9.17, 15) is 9.18 Å². The van der Waals surface area contributed by atoms with Gasteiger partial charge in [-0.1, -0.05) is 32.9 Å². The van der Waals surface area contributed by atoms with E-state index in [0.717, 1.165) is 5.75 Å². The Morgan fingerprint density at radius 3 is 2.17 bits per heavy atom. The molecule has 0 aliphatic heterocycles. The molecule has 0 spiro atoms. The third kappa shape index (κ3) is 4.95. The number of rotatable bonds is 6. The van der Waals surface area contributed by atoms with Gasteiger partial charge in [0, 0.05) is 11.3 Å². The summed E-state index contributed by atoms with van der Waals surface area (Å²) in [7, 11) is 0. The molecule has 1 atom stereocenters. The monoisotopic (exact) mass is 407 g/mol. The van der Waals surface area contributed by atoms with Crippen molar-refractivity contribution in [2.45, 2.75) is 33.6 Å². The summed E-state index contributed by atoms with van der Waals surface area (Å²) in [5, 5.41) is 2.73. The fraction of sp³-hybridized carbons (Fsp3) is 0.250. The van der Waals surface area contributed by atoms with Crippen LogP contribution in [0.5, 0.6) is 11.5 Å². The first-order chi connectivity index (χ1) is 14.2. The van der Waals surface area contributed by atoms with Crippen LogP contribution in [0.4, 0.5) is 15.9 Å². The Morgan fingerprint density at radius 2 is 1.60 bits per heavy atom. The minimum atomic E-state index is -0.683. The Bertz CT molecular complexity index is 1030. The molecule has 3 N–H and O–H groups in total. The maximum atomic E-state index is 13.4. The van der Waals surface area contributed by atoms with E-state index in [1.807, 2.05) is 12.1 Å². The number of aryl methyl sites for hydroxylation is 1. The summed E-state index contributed by atoms with van der Waals surface area (Å²) in [6, 6.07) is 16.4. The van der Waals surface area contributed by atoms with Crippen LogP contribution in [0.15, 0.2) is 54.6 Å². The summed E-state index contributed by atoms with van der Waals surface area (Å²) < 4.78 is 19.3. The second kappa shape index (κ2) is 8.95. The molecule has 0 radical (unpaired) electrons. The molecule has 1 unspecified atom stereocenters. The molecule has 6 heteroatoms. The number of anilines is 2. The molecule has 3 aromatic rings. The van der Waals surface area contributed by atoms with Crippen molar-refractivity contribution < 1.29 is 13.9 Å². The summed E-state index contributed by atoms with van der Waals surface area (Å²) in [6.07, 6.45) is 0. The Kier molecular flexibility index (Phi) is 6.35. The molecule has 156 valence electrons. The number of benzene rings is 2. The van der Waals surface area contributed by atoms with Crippen molar-refractivity contribution in [2.75, 3.05) is 11.1 Å². The Hall–Kier alpha value is -3.41. The number of ether oxygens (including phenoxy) is 1. The summed E-state index contributed by atoms with van der Waals surface area (Å²) >= 11 is 0. The molecule has 0 bridgehead atoms. The van der Waals surface area contributed by atoms with Crippen molar-refractivity contribution in [1.29, 1.82) is 0 Å². The average Bonchev–Trinajstić information content (AvgIpc) is 2.72. The van der Waals surface area contributed by atoms with E-state index in [1.54, 1.807) is 24.3 Å². The van der Waals surface area contributed by atoms with Gasteiger partial charge in [0.05, 0.1) is 5.56 Å². The van der Waals surface area contributed by atoms with E-state index in [-0.39, 0.29) is 16.9 Å². The van der Waals surface area contributed by atoms with E-state index >= 15 is 0 Å². The first-order valence-corrected chi connectivity index (χ1v) is 9.86. The summed E-state index contributed by atoms with van der Waals surface area (Å²) in [4.78, 5) is 16.0. The van der Waals surface area contributed by atoms with Gasteiger partial charge in [0.25, 0.3) is 5.91 Å². The number of carbonyl (C=O) groups is 1. The van der Waals surface area contributed by atoms with Crippen LogP contribution < -0.4 is 15.8 Å². The average molecular weight is 407 g/mol. The highest BCUT2D eigenvalue weighted by Gasteiger charge is 2.14. The molecule has 2 aromatic carbocycles. The number of nitrogens with two attached hydrogens (primary N) is 1. The number of nitrogen functional groups attached to an aromatic ring is 1. The van der Waals surface area contributed by atoms with E-state index in [0.29, 0.717) is 23.3 Å². The van der Waals surface area contributed by atoms with Crippen molar-refractivity contribution in [3.63, 3.8) is 0 Å². The van der Waals surface area contributed by atoms with Gasteiger partial charge in [-0.15, -0.1) is 0 Å². The van der Waals surface area contributed by atoms with Crippen molar-refractivity contribution in [1.82, 2.24) is 4.98 Å². The minimum absolute atomic E-state index is 0.130. The van der Waals surface area contributed by atoms with Crippen molar-refractivity contribution in [3.05, 3.63) is 77.2 Å². The quantitative estimate of drug-likeness (QED) is 0.498. The normalized spacial score (nSPS) is 11.9. The number of halogens is 1. The van der Waals surface area contributed by atoms with E-state index < -0.39 is 11.9 Å². The highest BCUT2D eigenvalue weighted by atomic mass is 19.1. The molecular formula is C24H26FN3O2. The fourth-order valence-electron chi connectivity index (χ4n) is 2.95. The number of hydrogen-bond donors (Lipinski definition) is 2. The van der Waals surface area contributed by atoms with Crippen molar-refractivity contribution in [2.24, 2.45) is 5.92 Å². The van der Waals surface area contributed by atoms with Gasteiger partial charge in [0.15, 0.2) is 0 Å². The topological polar surface area (TPSA) is 77.2 Å². The zero-order valence-electron chi connectivity index (χ0n) is 17.6. The van der Waals surface area contributed by atoms with E-state index in [4.69, 9.17) is 10.5 Å². The fourth-order valence-corrected chi connectivity index (χ4v) is 2.95. The lowest BCUT2D eigenvalue weighted by molar-refractivity contribution is 0.102. The van der Waals surface area contributed by atoms with Crippen LogP contribution in [0, 0.1) is 18.8 Å². The van der Waals surface area contributed by atoms with Crippen LogP contribution in [-0.2, 0) is 0 Å². The molecule has 3 rings (SSSR count). The lowest BCUT2D eigenvalue weighted by atomic mass is 9.90. The number of pyridine rings is 1. The van der Waals surface area contributed by atoms with Crippen molar-refractivity contribution in [3.8, 4) is 11.5 Å². The molecular weight excluding hydrogens is 381 g/mol. The SMILES string of the molecule is Cc1cc(C(=O)Nc2ccc(Oc3ccc(C(C)C(C)C)cc3)cc2)c(N)nc1F. The lowest BCUT2D eigenvalue weighted by Gasteiger charge is -2.16. The zero-order chi connectivity index (χ0) is 21.8. The van der Waals surface area contributed by atoms with E-state index in [1.165, 1.54) is 18.6 Å². The zero-order valence-corrected chi connectivity index (χ0v) is 17.6. The first-order valence-electron chi connectivity index (χ1n) is 9.86. The Morgan fingerprint density at radius 1 is 1.03 bits per heavy atom. The third-order valence-corrected chi connectivity index (χ3v) is 5.18. The Balaban J connectivity index is 1.65. The number of aromatic nitrogens is 1. The van der Waals surface area contributed by atoms with Gasteiger partial charge in [0.2, 0.25) is 5.95 Å². The van der Waals surface area contributed by atoms with Crippen LogP contribution >= 0.6 is 0 Å². The number of hydrogen-bond acceptors (Lipinski definition) is 4. The predicted molar refractivity (Wildman–Crippen MR) is 118 cm³/mol. The summed E-state index contributed by atoms with van der Waals surface area (Å²) in [5.74, 6) is 1.17. The minimum Gasteiger partial charge on any atom is -0.457 e. The van der Waals surface area contributed by atoms with Crippen LogP contribution in [0.2, 0.25) is 0 Å². The standard InChI is InChI=1S/C24H26FN3O2/c1-14(2)16(4)17-5-9-19(10-6-17)30-20-11-7-18(8-12-20)27-24(29)21-13-15(3)22(25)28-23(21)26/h5-14,16H,1-4H3,(H2,26,28)(H,27,29). The molecule has 1 amide bonds. The van der Waals surface area contributed by atoms with Gasteiger partial charge in [0.1, 0.15) is 17.3 Å². The number of nitrogens with one attached hydrogen (secondary N) is 1. The Labute approximate surface area is 176 Å². The molecule has 5 nitrogen and oxygen atoms in total. The first kappa shape index (κ1) is 21.3. The van der Waals surface area contributed by atoms with Crippen LogP contribution in [0.3, 0.4) is 0 Å². The highest BCUT2D eigenvalue weighted by molar-refractivity contribution is 6.07. The van der Waals surface area contributed by atoms with Gasteiger partial charge in [-0.05, 0) is 66.8 Å². The maximum Gasteiger partial charge on any atom is 0.259 e. The molecule has 0 saturated carbocycles. The molecule has 0 fully saturated rings. The second-order valence-corrected chi connectivity index (χ2v) is 7.71. The summed E-state index contributed by atoms with van der Waals surface area (Å²) in [6.45, 7) is 8.15. The second-order valence-electron chi connectivity index (χ2n) is 7.71. The van der Waals surface area contributed by atoms with Gasteiger partial charge in [-0.3, -0.25) is 4.79 Å².